The molecule has 1 aromatic heterocycles. The summed E-state index contributed by atoms with van der Waals surface area (Å²) < 4.78 is 71.3. The molecule has 1 N–H and O–H groups in total. The number of hydrogen-bond acceptors (Lipinski definition) is 5. The molecule has 33 heavy (non-hydrogen) atoms. The Balaban J connectivity index is 2.02. The molecule has 0 bridgehead atoms. The summed E-state index contributed by atoms with van der Waals surface area (Å²) in [6.07, 6.45) is -4.23. The Bertz CT molecular complexity index is 1220. The Hall–Kier alpha value is -2.56. The summed E-state index contributed by atoms with van der Waals surface area (Å²) in [5.74, 6) is 0.295. The number of aromatic nitrogens is 2. The van der Waals surface area contributed by atoms with Crippen LogP contribution in [0.5, 0.6) is 5.75 Å². The number of benzene rings is 2. The van der Waals surface area contributed by atoms with Gasteiger partial charge in [-0.2, -0.15) is 18.3 Å². The molecule has 0 amide bonds. The topological polar surface area (TPSA) is 75.3 Å². The van der Waals surface area contributed by atoms with E-state index >= 15 is 0 Å². The highest BCUT2D eigenvalue weighted by Gasteiger charge is 2.38. The van der Waals surface area contributed by atoms with Crippen LogP contribution in [0.4, 0.5) is 13.2 Å². The van der Waals surface area contributed by atoms with E-state index in [0.29, 0.717) is 24.3 Å². The number of nitrogens with one attached hydrogen (secondary N) is 1. The van der Waals surface area contributed by atoms with Gasteiger partial charge in [0.1, 0.15) is 17.1 Å². The number of nitrogens with zero attached hydrogens (tertiary/aromatic N) is 2. The lowest BCUT2D eigenvalue weighted by Gasteiger charge is -2.12. The van der Waals surface area contributed by atoms with E-state index in [1.54, 1.807) is 0 Å². The second-order valence-corrected chi connectivity index (χ2v) is 10.2. The Kier molecular flexibility index (Phi) is 7.40. The quantitative estimate of drug-likeness (QED) is 0.462. The number of ether oxygens (including phenoxy) is 1. The zero-order valence-electron chi connectivity index (χ0n) is 18.2. The molecule has 0 fully saturated rings. The summed E-state index contributed by atoms with van der Waals surface area (Å²) >= 11 is 6.14. The first-order chi connectivity index (χ1) is 15.4. The van der Waals surface area contributed by atoms with Gasteiger partial charge in [-0.1, -0.05) is 29.8 Å². The molecule has 2 aromatic carbocycles. The van der Waals surface area contributed by atoms with Crippen LogP contribution >= 0.6 is 11.6 Å². The van der Waals surface area contributed by atoms with Crippen LogP contribution in [0, 0.1) is 0 Å². The van der Waals surface area contributed by atoms with Crippen molar-refractivity contribution in [2.75, 3.05) is 33.5 Å². The lowest BCUT2D eigenvalue weighted by molar-refractivity contribution is -0.140. The summed E-state index contributed by atoms with van der Waals surface area (Å²) in [6.45, 7) is 0.624. The van der Waals surface area contributed by atoms with Crippen molar-refractivity contribution < 1.29 is 26.3 Å². The largest absolute Gasteiger partial charge is 0.495 e. The van der Waals surface area contributed by atoms with E-state index < -0.39 is 21.7 Å². The van der Waals surface area contributed by atoms with Crippen molar-refractivity contribution in [3.05, 3.63) is 53.2 Å². The van der Waals surface area contributed by atoms with Crippen molar-refractivity contribution >= 4 is 21.4 Å². The van der Waals surface area contributed by atoms with Gasteiger partial charge in [0.15, 0.2) is 9.84 Å². The molecule has 3 rings (SSSR count). The van der Waals surface area contributed by atoms with Crippen molar-refractivity contribution in [3.8, 4) is 28.1 Å². The summed E-state index contributed by atoms with van der Waals surface area (Å²) in [4.78, 5) is 1.99. The predicted molar refractivity (Wildman–Crippen MR) is 121 cm³/mol. The maximum atomic E-state index is 13.7. The number of alkyl halides is 3. The summed E-state index contributed by atoms with van der Waals surface area (Å²) in [7, 11) is 1.60. The van der Waals surface area contributed by atoms with Gasteiger partial charge in [-0.05, 0) is 56.9 Å². The van der Waals surface area contributed by atoms with Crippen LogP contribution < -0.4 is 4.74 Å². The zero-order valence-corrected chi connectivity index (χ0v) is 19.8. The van der Waals surface area contributed by atoms with Gasteiger partial charge in [-0.3, -0.25) is 5.10 Å². The fraction of sp³-hybridized carbons (Fsp3) is 0.318. The molecular formula is C22H23ClF3N3O3S. The maximum Gasteiger partial charge on any atom is 0.433 e. The van der Waals surface area contributed by atoms with Crippen LogP contribution in [0.3, 0.4) is 0 Å². The lowest BCUT2D eigenvalue weighted by atomic mass is 9.98. The molecule has 0 unspecified atom stereocenters. The first-order valence-electron chi connectivity index (χ1n) is 9.91. The second-order valence-electron chi connectivity index (χ2n) is 7.67. The van der Waals surface area contributed by atoms with E-state index in [9.17, 15) is 21.6 Å². The van der Waals surface area contributed by atoms with Crippen molar-refractivity contribution in [1.82, 2.24) is 15.1 Å². The van der Waals surface area contributed by atoms with Crippen LogP contribution in [0.15, 0.2) is 47.4 Å². The van der Waals surface area contributed by atoms with Gasteiger partial charge in [0.05, 0.1) is 22.8 Å². The van der Waals surface area contributed by atoms with Gasteiger partial charge >= 0.3 is 6.18 Å². The molecule has 0 atom stereocenters. The number of halogens is 4. The number of rotatable bonds is 8. The van der Waals surface area contributed by atoms with Crippen molar-refractivity contribution in [1.29, 1.82) is 0 Å². The van der Waals surface area contributed by atoms with Crippen molar-refractivity contribution in [3.63, 3.8) is 0 Å². The fourth-order valence-electron chi connectivity index (χ4n) is 3.37. The number of H-pyrrole nitrogens is 1. The van der Waals surface area contributed by atoms with E-state index in [4.69, 9.17) is 16.3 Å². The Morgan fingerprint density at radius 2 is 1.73 bits per heavy atom. The van der Waals surface area contributed by atoms with Gasteiger partial charge in [-0.25, -0.2) is 8.42 Å². The van der Waals surface area contributed by atoms with Crippen LogP contribution in [0.25, 0.3) is 22.4 Å². The van der Waals surface area contributed by atoms with E-state index in [1.165, 1.54) is 49.6 Å². The highest BCUT2D eigenvalue weighted by molar-refractivity contribution is 7.91. The van der Waals surface area contributed by atoms with Crippen LogP contribution in [-0.2, 0) is 16.0 Å². The third-order valence-electron chi connectivity index (χ3n) is 5.00. The molecular weight excluding hydrogens is 479 g/mol. The normalized spacial score (nSPS) is 12.4. The second kappa shape index (κ2) is 9.74. The molecule has 178 valence electrons. The van der Waals surface area contributed by atoms with E-state index in [1.807, 2.05) is 19.0 Å². The van der Waals surface area contributed by atoms with Gasteiger partial charge in [0.2, 0.25) is 0 Å². The zero-order chi connectivity index (χ0) is 24.4. The Morgan fingerprint density at radius 3 is 2.27 bits per heavy atom. The fourth-order valence-corrected chi connectivity index (χ4v) is 4.92. The number of methoxy groups -OCH3 is 1. The molecule has 0 spiro atoms. The third-order valence-corrected chi connectivity index (χ3v) is 7.11. The van der Waals surface area contributed by atoms with Gasteiger partial charge in [0, 0.05) is 11.1 Å². The minimum Gasteiger partial charge on any atom is -0.495 e. The maximum absolute atomic E-state index is 13.7. The van der Waals surface area contributed by atoms with Gasteiger partial charge in [-0.15, -0.1) is 0 Å². The van der Waals surface area contributed by atoms with Crippen molar-refractivity contribution in [2.24, 2.45) is 0 Å². The molecule has 6 nitrogen and oxygen atoms in total. The van der Waals surface area contributed by atoms with Crippen molar-refractivity contribution in [2.45, 2.75) is 17.5 Å². The van der Waals surface area contributed by atoms with Crippen LogP contribution in [-0.4, -0.2) is 57.0 Å². The first kappa shape index (κ1) is 25.1. The monoisotopic (exact) mass is 501 g/mol. The molecule has 0 aliphatic rings. The summed E-state index contributed by atoms with van der Waals surface area (Å²) in [6, 6.07) is 9.96. The molecule has 0 saturated heterocycles. The highest BCUT2D eigenvalue weighted by Crippen LogP contribution is 2.42. The smallest absolute Gasteiger partial charge is 0.433 e. The molecule has 0 aliphatic carbocycles. The summed E-state index contributed by atoms with van der Waals surface area (Å²) in [5.41, 5.74) is -0.666. The minimum absolute atomic E-state index is 0.0270. The predicted octanol–water partition coefficient (Wildman–Crippen LogP) is 5.15. The Morgan fingerprint density at radius 1 is 1.09 bits per heavy atom. The average Bonchev–Trinajstić information content (AvgIpc) is 3.19. The van der Waals surface area contributed by atoms with E-state index in [2.05, 4.69) is 10.2 Å². The summed E-state index contributed by atoms with van der Waals surface area (Å²) in [5, 5.41) is 6.11. The number of aromatic amines is 1. The molecule has 1 heterocycles. The van der Waals surface area contributed by atoms with Crippen LogP contribution in [0.2, 0.25) is 5.02 Å². The highest BCUT2D eigenvalue weighted by atomic mass is 35.5. The molecule has 0 saturated carbocycles. The standard InChI is InChI=1S/C22H23ClF3N3O3S/c1-29(2)11-4-12-33(30,31)16-8-5-14(6-9-16)20-19(21(28-27-20)22(24,25)26)15-7-10-18(32-3)17(23)13-15/h5-10,13H,4,11-12H2,1-3H3,(H,27,28). The molecule has 0 radical (unpaired) electrons. The molecule has 3 aromatic rings. The third kappa shape index (κ3) is 5.69. The van der Waals surface area contributed by atoms with E-state index in [-0.39, 0.29) is 32.5 Å². The van der Waals surface area contributed by atoms with Gasteiger partial charge < -0.3 is 9.64 Å². The van der Waals surface area contributed by atoms with E-state index in [0.717, 1.165) is 0 Å². The number of hydrogen-bond donors (Lipinski definition) is 1. The lowest BCUT2D eigenvalue weighted by Crippen LogP contribution is -2.17. The Labute approximate surface area is 195 Å². The van der Waals surface area contributed by atoms with Crippen LogP contribution in [0.1, 0.15) is 12.1 Å². The molecule has 11 heteroatoms. The minimum atomic E-state index is -4.69. The number of sulfone groups is 1. The first-order valence-corrected chi connectivity index (χ1v) is 11.9. The average molecular weight is 502 g/mol. The SMILES string of the molecule is COc1ccc(-c2c(-c3ccc(S(=O)(=O)CCCN(C)C)cc3)n[nH]c2C(F)(F)F)cc1Cl. The van der Waals surface area contributed by atoms with Gasteiger partial charge in [0.25, 0.3) is 0 Å². The molecule has 0 aliphatic heterocycles.